The van der Waals surface area contributed by atoms with E-state index in [9.17, 15) is 9.59 Å². The van der Waals surface area contributed by atoms with Crippen molar-refractivity contribution in [2.24, 2.45) is 5.92 Å². The van der Waals surface area contributed by atoms with Crippen LogP contribution in [0.3, 0.4) is 0 Å². The van der Waals surface area contributed by atoms with E-state index in [1.807, 2.05) is 38.4 Å². The van der Waals surface area contributed by atoms with Gasteiger partial charge in [-0.25, -0.2) is 4.79 Å². The number of nitrogens with one attached hydrogen (secondary N) is 1. The number of aromatic nitrogens is 4. The number of carbonyl (C=O) groups is 1. The monoisotopic (exact) mass is 583 g/mol. The van der Waals surface area contributed by atoms with Crippen LogP contribution in [0, 0.1) is 5.92 Å². The van der Waals surface area contributed by atoms with Crippen molar-refractivity contribution in [1.29, 1.82) is 0 Å². The molecule has 1 aromatic carbocycles. The van der Waals surface area contributed by atoms with E-state index in [4.69, 9.17) is 19.9 Å². The smallest absolute Gasteiger partial charge is 0.328 e. The lowest BCUT2D eigenvalue weighted by Gasteiger charge is -2.31. The SMILES string of the molecule is CCCCOc1nc(N)c2[nH]c(=O)n(Cc3ccc(OCC4CCN(CC(=O)OCCCCN(C)C)CC4)cc3)c2n1. The number of likely N-dealkylation sites (tertiary alicyclic amines) is 1. The average molecular weight is 584 g/mol. The fourth-order valence-corrected chi connectivity index (χ4v) is 4.89. The fourth-order valence-electron chi connectivity index (χ4n) is 4.89. The maximum atomic E-state index is 12.7. The van der Waals surface area contributed by atoms with E-state index in [1.165, 1.54) is 4.57 Å². The van der Waals surface area contributed by atoms with E-state index in [1.54, 1.807) is 0 Å². The van der Waals surface area contributed by atoms with Gasteiger partial charge in [0.05, 0.1) is 32.9 Å². The molecule has 4 rings (SSSR count). The quantitative estimate of drug-likeness (QED) is 0.191. The number of piperidine rings is 1. The van der Waals surface area contributed by atoms with Gasteiger partial charge < -0.3 is 29.8 Å². The molecule has 0 saturated carbocycles. The Labute approximate surface area is 247 Å². The summed E-state index contributed by atoms with van der Waals surface area (Å²) in [6.07, 6.45) is 5.75. The van der Waals surface area contributed by atoms with Crippen molar-refractivity contribution in [2.75, 3.05) is 65.8 Å². The summed E-state index contributed by atoms with van der Waals surface area (Å²) in [5.74, 6) is 1.26. The third kappa shape index (κ3) is 9.18. The Hall–Kier alpha value is -3.64. The van der Waals surface area contributed by atoms with Crippen LogP contribution in [0.4, 0.5) is 5.82 Å². The van der Waals surface area contributed by atoms with Gasteiger partial charge in [0.2, 0.25) is 0 Å². The van der Waals surface area contributed by atoms with Crippen LogP contribution in [0.1, 0.15) is 51.0 Å². The number of H-pyrrole nitrogens is 1. The largest absolute Gasteiger partial charge is 0.493 e. The minimum absolute atomic E-state index is 0.138. The Morgan fingerprint density at radius 1 is 1.07 bits per heavy atom. The summed E-state index contributed by atoms with van der Waals surface area (Å²) >= 11 is 0. The fraction of sp³-hybridized carbons (Fsp3) is 0.600. The lowest BCUT2D eigenvalue weighted by molar-refractivity contribution is -0.145. The molecule has 12 nitrogen and oxygen atoms in total. The number of carbonyl (C=O) groups excluding carboxylic acids is 1. The Morgan fingerprint density at radius 3 is 2.55 bits per heavy atom. The van der Waals surface area contributed by atoms with Crippen molar-refractivity contribution >= 4 is 23.0 Å². The first kappa shape index (κ1) is 31.3. The molecule has 0 radical (unpaired) electrons. The normalized spacial score (nSPS) is 14.5. The third-order valence-electron chi connectivity index (χ3n) is 7.43. The molecule has 3 aromatic rings. The molecule has 0 unspecified atom stereocenters. The summed E-state index contributed by atoms with van der Waals surface area (Å²) in [6.45, 7) is 7.09. The summed E-state index contributed by atoms with van der Waals surface area (Å²) < 4.78 is 18.6. The van der Waals surface area contributed by atoms with Gasteiger partial charge in [-0.15, -0.1) is 0 Å². The molecule has 1 aliphatic heterocycles. The van der Waals surface area contributed by atoms with Gasteiger partial charge in [-0.05, 0) is 89.4 Å². The molecule has 12 heteroatoms. The summed E-state index contributed by atoms with van der Waals surface area (Å²) in [6, 6.07) is 7.89. The first-order valence-corrected chi connectivity index (χ1v) is 15.0. The predicted octanol–water partition coefficient (Wildman–Crippen LogP) is 2.90. The predicted molar refractivity (Wildman–Crippen MR) is 162 cm³/mol. The van der Waals surface area contributed by atoms with Crippen LogP contribution in [0.15, 0.2) is 29.1 Å². The second kappa shape index (κ2) is 15.5. The van der Waals surface area contributed by atoms with E-state index in [2.05, 4.69) is 31.7 Å². The minimum Gasteiger partial charge on any atom is -0.493 e. The number of unbranched alkanes of at least 4 members (excludes halogenated alkanes) is 2. The van der Waals surface area contributed by atoms with Crippen LogP contribution in [-0.4, -0.2) is 95.4 Å². The molecule has 1 saturated heterocycles. The highest BCUT2D eigenvalue weighted by Crippen LogP contribution is 2.22. The summed E-state index contributed by atoms with van der Waals surface area (Å²) in [7, 11) is 4.09. The molecule has 42 heavy (non-hydrogen) atoms. The topological polar surface area (TPSA) is 141 Å². The van der Waals surface area contributed by atoms with Crippen molar-refractivity contribution in [1.82, 2.24) is 29.3 Å². The number of benzene rings is 1. The summed E-state index contributed by atoms with van der Waals surface area (Å²) in [5.41, 5.74) is 7.49. The Balaban J connectivity index is 1.21. The van der Waals surface area contributed by atoms with Gasteiger partial charge >= 0.3 is 17.7 Å². The zero-order chi connectivity index (χ0) is 29.9. The number of hydrogen-bond donors (Lipinski definition) is 2. The first-order chi connectivity index (χ1) is 20.3. The Morgan fingerprint density at radius 2 is 1.83 bits per heavy atom. The standard InChI is InChI=1S/C30H45N7O5/c1-4-5-17-41-29-33-27(31)26-28(34-29)37(30(39)32-26)19-22-8-10-24(11-9-22)42-21-23-12-15-36(16-13-23)20-25(38)40-18-7-6-14-35(2)3/h8-11,23H,4-7,12-21H2,1-3H3,(H,32,39)(H2,31,33,34). The summed E-state index contributed by atoms with van der Waals surface area (Å²) in [4.78, 5) is 40.5. The average Bonchev–Trinajstić information content (AvgIpc) is 3.28. The van der Waals surface area contributed by atoms with Gasteiger partial charge in [0.15, 0.2) is 11.5 Å². The van der Waals surface area contributed by atoms with Crippen molar-refractivity contribution < 1.29 is 19.0 Å². The van der Waals surface area contributed by atoms with E-state index >= 15 is 0 Å². The lowest BCUT2D eigenvalue weighted by atomic mass is 9.98. The van der Waals surface area contributed by atoms with Crippen LogP contribution in [0.5, 0.6) is 11.8 Å². The highest BCUT2D eigenvalue weighted by molar-refractivity contribution is 5.82. The van der Waals surface area contributed by atoms with Crippen LogP contribution in [0.25, 0.3) is 11.2 Å². The molecule has 0 atom stereocenters. The molecule has 2 aromatic heterocycles. The van der Waals surface area contributed by atoms with Crippen molar-refractivity contribution in [3.8, 4) is 11.8 Å². The van der Waals surface area contributed by atoms with Gasteiger partial charge in [-0.1, -0.05) is 25.5 Å². The van der Waals surface area contributed by atoms with Crippen LogP contribution >= 0.6 is 0 Å². The number of nitrogens with zero attached hydrogens (tertiary/aromatic N) is 5. The number of fused-ring (bicyclic) bond motifs is 1. The van der Waals surface area contributed by atoms with Crippen LogP contribution < -0.4 is 20.9 Å². The minimum atomic E-state index is -0.309. The van der Waals surface area contributed by atoms with Crippen LogP contribution in [-0.2, 0) is 16.1 Å². The number of anilines is 1. The van der Waals surface area contributed by atoms with Crippen molar-refractivity contribution in [3.63, 3.8) is 0 Å². The van der Waals surface area contributed by atoms with Gasteiger partial charge in [0.25, 0.3) is 0 Å². The lowest BCUT2D eigenvalue weighted by Crippen LogP contribution is -2.39. The number of imidazole rings is 1. The highest BCUT2D eigenvalue weighted by Gasteiger charge is 2.22. The zero-order valence-electron chi connectivity index (χ0n) is 25.1. The molecule has 0 amide bonds. The first-order valence-electron chi connectivity index (χ1n) is 15.0. The number of aromatic amines is 1. The number of ether oxygens (including phenoxy) is 3. The second-order valence-electron chi connectivity index (χ2n) is 11.2. The Kier molecular flexibility index (Phi) is 11.6. The number of esters is 1. The number of nitrogens with two attached hydrogens (primary N) is 1. The van der Waals surface area contributed by atoms with Gasteiger partial charge in [0.1, 0.15) is 11.3 Å². The third-order valence-corrected chi connectivity index (χ3v) is 7.43. The van der Waals surface area contributed by atoms with Crippen molar-refractivity contribution in [2.45, 2.75) is 52.0 Å². The summed E-state index contributed by atoms with van der Waals surface area (Å²) in [5, 5.41) is 0. The molecular formula is C30H45N7O5. The van der Waals surface area contributed by atoms with Crippen molar-refractivity contribution in [3.05, 3.63) is 40.3 Å². The molecule has 0 bridgehead atoms. The van der Waals surface area contributed by atoms with E-state index in [0.29, 0.717) is 50.0 Å². The van der Waals surface area contributed by atoms with E-state index in [-0.39, 0.29) is 23.5 Å². The van der Waals surface area contributed by atoms with Crippen LogP contribution in [0.2, 0.25) is 0 Å². The molecule has 0 spiro atoms. The molecular weight excluding hydrogens is 538 g/mol. The van der Waals surface area contributed by atoms with E-state index in [0.717, 1.165) is 69.5 Å². The molecule has 230 valence electrons. The highest BCUT2D eigenvalue weighted by atomic mass is 16.5. The van der Waals surface area contributed by atoms with Gasteiger partial charge in [0, 0.05) is 0 Å². The number of nitrogen functional groups attached to an aromatic ring is 1. The van der Waals surface area contributed by atoms with E-state index < -0.39 is 0 Å². The maximum Gasteiger partial charge on any atom is 0.328 e. The van der Waals surface area contributed by atoms with Gasteiger partial charge in [-0.2, -0.15) is 9.97 Å². The molecule has 0 aliphatic carbocycles. The number of hydrogen-bond acceptors (Lipinski definition) is 10. The maximum absolute atomic E-state index is 12.7. The molecule has 1 aliphatic rings. The molecule has 1 fully saturated rings. The number of rotatable bonds is 16. The molecule has 3 heterocycles. The Bertz CT molecular complexity index is 1330. The van der Waals surface area contributed by atoms with Gasteiger partial charge in [-0.3, -0.25) is 14.3 Å². The molecule has 3 N–H and O–H groups in total. The zero-order valence-corrected chi connectivity index (χ0v) is 25.1. The second-order valence-corrected chi connectivity index (χ2v) is 11.2.